The van der Waals surface area contributed by atoms with E-state index >= 15 is 0 Å². The Labute approximate surface area is 189 Å². The van der Waals surface area contributed by atoms with Crippen LogP contribution in [0.1, 0.15) is 19.3 Å². The Balaban J connectivity index is -0.0000000600. The summed E-state index contributed by atoms with van der Waals surface area (Å²) in [6.07, 6.45) is 6.62. The molecule has 12 heteroatoms. The van der Waals surface area contributed by atoms with Gasteiger partial charge in [0.2, 0.25) is 0 Å². The van der Waals surface area contributed by atoms with E-state index in [1.54, 1.807) is 18.8 Å². The van der Waals surface area contributed by atoms with Crippen LogP contribution in [-0.2, 0) is 4.79 Å². The topological polar surface area (TPSA) is 93.3 Å². The van der Waals surface area contributed by atoms with Crippen LogP contribution in [0.25, 0.3) is 0 Å². The van der Waals surface area contributed by atoms with E-state index in [1.165, 1.54) is 0 Å². The molecule has 2 unspecified atom stereocenters. The smallest absolute Gasteiger partial charge is 1.00 e. The molecule has 1 N–H and O–H groups in total. The molecule has 1 heterocycles. The van der Waals surface area contributed by atoms with E-state index in [0.717, 1.165) is 0 Å². The number of carboxylic acid groups (broad SMARTS) is 1. The van der Waals surface area contributed by atoms with E-state index in [4.69, 9.17) is 5.11 Å². The summed E-state index contributed by atoms with van der Waals surface area (Å²) in [5, 5.41) is 19.0. The Bertz CT molecular complexity index is 358. The molecular weight excluding hydrogens is 535 g/mol. The number of pyridine rings is 1. The molecule has 0 saturated heterocycles. The number of rotatable bonds is 2. The number of aliphatic carboxylic acids is 1. The number of halogens is 5. The summed E-state index contributed by atoms with van der Waals surface area (Å²) in [5.41, 5.74) is 0. The fourth-order valence-electron chi connectivity index (χ4n) is 1.78. The van der Waals surface area contributed by atoms with Gasteiger partial charge in [-0.25, -0.2) is 0 Å². The first kappa shape index (κ1) is 39.4. The monoisotopic (exact) mass is 547 g/mol. The van der Waals surface area contributed by atoms with Crippen LogP contribution in [0.4, 0.5) is 0 Å². The van der Waals surface area contributed by atoms with E-state index < -0.39 is 22.9 Å². The zero-order valence-electron chi connectivity index (χ0n) is 12.1. The van der Waals surface area contributed by atoms with E-state index in [1.807, 2.05) is 18.2 Å². The second kappa shape index (κ2) is 23.3. The van der Waals surface area contributed by atoms with Gasteiger partial charge in [0.15, 0.2) is 6.04 Å². The molecule has 2 atom stereocenters. The van der Waals surface area contributed by atoms with Crippen molar-refractivity contribution in [3.63, 3.8) is 0 Å². The van der Waals surface area contributed by atoms with Crippen molar-refractivity contribution in [3.05, 3.63) is 47.1 Å². The number of carboxylic acids is 1. The van der Waals surface area contributed by atoms with Crippen molar-refractivity contribution in [2.24, 2.45) is 5.92 Å². The van der Waals surface area contributed by atoms with Crippen LogP contribution >= 0.6 is 0 Å². The maximum Gasteiger partial charge on any atom is 5.00 e. The predicted molar refractivity (Wildman–Crippen MR) is 70.1 cm³/mol. The fraction of sp³-hybridized carbons (Fsp3) is 0.417. The van der Waals surface area contributed by atoms with Crippen molar-refractivity contribution in [3.8, 4) is 0 Å². The van der Waals surface area contributed by atoms with Gasteiger partial charge in [-0.2, -0.15) is 6.42 Å². The fourth-order valence-corrected chi connectivity index (χ4v) is 1.78. The first-order valence-corrected chi connectivity index (χ1v) is 5.66. The third kappa shape index (κ3) is 15.8. The van der Waals surface area contributed by atoms with Crippen LogP contribution in [0.3, 0.4) is 0 Å². The van der Waals surface area contributed by atoms with Gasteiger partial charge in [0, 0.05) is 17.3 Å². The second-order valence-electron chi connectivity index (χ2n) is 3.92. The standard InChI is InChI=1S/C7H10NO4.C5H5N.5ClH.Sb/c9-7(10)5-3-1-2-4-6(5)8(11)12;1-2-4-6-5-3-1;;;;;;/h2,5-6H,1,3-4H2,(H,9,10);1-5H;5*1H;/q-1;;;;;;;+5/p-5. The summed E-state index contributed by atoms with van der Waals surface area (Å²) >= 11 is 0. The molecular formula is C12H15Cl5N2O4Sb-. The molecule has 24 heavy (non-hydrogen) atoms. The van der Waals surface area contributed by atoms with Crippen molar-refractivity contribution < 1.29 is 76.9 Å². The van der Waals surface area contributed by atoms with Crippen LogP contribution in [-0.4, -0.2) is 51.5 Å². The molecule has 6 nitrogen and oxygen atoms in total. The Kier molecular flexibility index (Phi) is 38.2. The molecule has 1 aromatic heterocycles. The molecule has 0 aliphatic heterocycles. The summed E-state index contributed by atoms with van der Waals surface area (Å²) < 4.78 is 0. The van der Waals surface area contributed by atoms with Crippen LogP contribution in [0.2, 0.25) is 0 Å². The van der Waals surface area contributed by atoms with Crippen molar-refractivity contribution in [2.45, 2.75) is 25.3 Å². The zero-order chi connectivity index (χ0) is 13.4. The maximum absolute atomic E-state index is 10.6. The molecule has 1 aliphatic carbocycles. The van der Waals surface area contributed by atoms with E-state index in [0.29, 0.717) is 12.8 Å². The zero-order valence-corrected chi connectivity index (χ0v) is 18.5. The quantitative estimate of drug-likeness (QED) is 0.171. The van der Waals surface area contributed by atoms with Gasteiger partial charge in [-0.3, -0.25) is 19.9 Å². The van der Waals surface area contributed by atoms with Crippen molar-refractivity contribution >= 4 is 30.4 Å². The van der Waals surface area contributed by atoms with Crippen LogP contribution in [0, 0.1) is 22.5 Å². The van der Waals surface area contributed by atoms with Gasteiger partial charge in [0.05, 0.1) is 0 Å². The number of aromatic nitrogens is 1. The average molecular weight is 550 g/mol. The third-order valence-corrected chi connectivity index (χ3v) is 2.71. The molecule has 0 bridgehead atoms. The summed E-state index contributed by atoms with van der Waals surface area (Å²) in [5.74, 6) is -1.85. The minimum Gasteiger partial charge on any atom is -1.00 e. The Morgan fingerprint density at radius 2 is 1.62 bits per heavy atom. The summed E-state index contributed by atoms with van der Waals surface area (Å²) in [4.78, 5) is 24.2. The minimum absolute atomic E-state index is 0. The molecule has 2 rings (SSSR count). The van der Waals surface area contributed by atoms with Gasteiger partial charge in [-0.15, -0.1) is 6.42 Å². The van der Waals surface area contributed by atoms with Crippen LogP contribution in [0.5, 0.6) is 0 Å². The van der Waals surface area contributed by atoms with Gasteiger partial charge in [-0.1, -0.05) is 12.5 Å². The summed E-state index contributed by atoms with van der Waals surface area (Å²) in [7, 11) is 0. The van der Waals surface area contributed by atoms with E-state index in [9.17, 15) is 14.9 Å². The maximum atomic E-state index is 10.6. The predicted octanol–water partition coefficient (Wildman–Crippen LogP) is -13.6. The molecule has 0 radical (unpaired) electrons. The molecule has 0 spiro atoms. The molecule has 1 fully saturated rings. The number of nitrogens with zero attached hydrogens (tertiary/aromatic N) is 2. The Hall–Kier alpha value is 0.288. The van der Waals surface area contributed by atoms with E-state index in [2.05, 4.69) is 4.98 Å². The SMILES string of the molecule is O=C(O)C1CC[CH-]CC1[N+](=O)[O-].[Cl-].[Cl-].[Cl-].[Cl-].[Cl-].[Sb+5].c1ccncc1. The normalized spacial score (nSPS) is 16.8. The van der Waals surface area contributed by atoms with Crippen molar-refractivity contribution in [2.75, 3.05) is 0 Å². The van der Waals surface area contributed by atoms with E-state index in [-0.39, 0.29) is 92.9 Å². The summed E-state index contributed by atoms with van der Waals surface area (Å²) in [6, 6.07) is 4.80. The van der Waals surface area contributed by atoms with Crippen LogP contribution in [0.15, 0.2) is 30.6 Å². The van der Waals surface area contributed by atoms with Gasteiger partial charge >= 0.3 is 30.4 Å². The number of hydrogen-bond acceptors (Lipinski definition) is 4. The Morgan fingerprint density at radius 3 is 1.88 bits per heavy atom. The first-order chi connectivity index (χ1) is 8.63. The molecule has 0 amide bonds. The number of nitro groups is 1. The molecule has 1 aliphatic rings. The molecule has 0 aromatic carbocycles. The first-order valence-electron chi connectivity index (χ1n) is 5.66. The molecule has 1 saturated carbocycles. The van der Waals surface area contributed by atoms with Gasteiger partial charge in [0.1, 0.15) is 5.92 Å². The molecule has 138 valence electrons. The number of hydrogen-bond donors (Lipinski definition) is 1. The summed E-state index contributed by atoms with van der Waals surface area (Å²) in [6.45, 7) is 0. The molecule has 1 aromatic rings. The van der Waals surface area contributed by atoms with Crippen molar-refractivity contribution in [1.29, 1.82) is 0 Å². The largest absolute Gasteiger partial charge is 5.00 e. The number of carbonyl (C=O) groups is 1. The Morgan fingerprint density at radius 1 is 1.12 bits per heavy atom. The van der Waals surface area contributed by atoms with Gasteiger partial charge < -0.3 is 73.6 Å². The minimum atomic E-state index is -1.05. The van der Waals surface area contributed by atoms with Crippen LogP contribution < -0.4 is 62.0 Å². The van der Waals surface area contributed by atoms with Gasteiger partial charge in [0.25, 0.3) is 0 Å². The third-order valence-electron chi connectivity index (χ3n) is 2.71. The average Bonchev–Trinajstić information content (AvgIpc) is 2.41. The van der Waals surface area contributed by atoms with Gasteiger partial charge in [-0.05, 0) is 12.1 Å². The second-order valence-corrected chi connectivity index (χ2v) is 3.92. The van der Waals surface area contributed by atoms with Crippen molar-refractivity contribution in [1.82, 2.24) is 4.98 Å².